The molecule has 0 aliphatic rings. The first-order chi connectivity index (χ1) is 6.27. The van der Waals surface area contributed by atoms with Crippen LogP contribution in [0.3, 0.4) is 0 Å². The zero-order valence-electron chi connectivity index (χ0n) is 6.98. The summed E-state index contributed by atoms with van der Waals surface area (Å²) in [5.74, 6) is 0.780. The molecule has 0 unspecified atom stereocenters. The molecule has 0 saturated carbocycles. The van der Waals surface area contributed by atoms with E-state index in [9.17, 15) is 0 Å². The second kappa shape index (κ2) is 3.26. The smallest absolute Gasteiger partial charge is 0.153 e. The molecule has 0 spiro atoms. The standard InChI is InChI=1S/C8H7BrN4/c1-6-10-11-12-13(6)8-4-2-7(9)3-5-8/h2-5H,1H3. The number of hydrogen-bond acceptors (Lipinski definition) is 3. The number of aromatic nitrogens is 4. The van der Waals surface area contributed by atoms with Gasteiger partial charge in [0.15, 0.2) is 5.82 Å². The fourth-order valence-electron chi connectivity index (χ4n) is 1.05. The Morgan fingerprint density at radius 2 is 1.92 bits per heavy atom. The molecule has 4 nitrogen and oxygen atoms in total. The van der Waals surface area contributed by atoms with E-state index in [4.69, 9.17) is 0 Å². The van der Waals surface area contributed by atoms with Gasteiger partial charge in [-0.15, -0.1) is 5.10 Å². The number of aryl methyl sites for hydroxylation is 1. The molecular formula is C8H7BrN4. The number of halogens is 1. The van der Waals surface area contributed by atoms with E-state index in [-0.39, 0.29) is 0 Å². The van der Waals surface area contributed by atoms with Crippen molar-refractivity contribution in [2.24, 2.45) is 0 Å². The van der Waals surface area contributed by atoms with Crippen molar-refractivity contribution in [1.82, 2.24) is 20.2 Å². The highest BCUT2D eigenvalue weighted by molar-refractivity contribution is 9.10. The van der Waals surface area contributed by atoms with E-state index in [1.54, 1.807) is 4.68 Å². The maximum absolute atomic E-state index is 3.86. The Hall–Kier alpha value is -1.23. The van der Waals surface area contributed by atoms with Crippen molar-refractivity contribution in [1.29, 1.82) is 0 Å². The van der Waals surface area contributed by atoms with Gasteiger partial charge in [-0.2, -0.15) is 4.68 Å². The molecule has 0 aliphatic carbocycles. The maximum Gasteiger partial charge on any atom is 0.153 e. The van der Waals surface area contributed by atoms with Crippen molar-refractivity contribution in [3.8, 4) is 5.69 Å². The molecule has 5 heteroatoms. The number of rotatable bonds is 1. The van der Waals surface area contributed by atoms with Gasteiger partial charge in [-0.25, -0.2) is 0 Å². The molecule has 13 heavy (non-hydrogen) atoms. The Labute approximate surface area is 83.7 Å². The van der Waals surface area contributed by atoms with Gasteiger partial charge >= 0.3 is 0 Å². The lowest BCUT2D eigenvalue weighted by molar-refractivity contribution is 0.779. The largest absolute Gasteiger partial charge is 0.198 e. The first-order valence-corrected chi connectivity index (χ1v) is 4.57. The van der Waals surface area contributed by atoms with E-state index in [1.165, 1.54) is 0 Å². The van der Waals surface area contributed by atoms with Gasteiger partial charge in [-0.1, -0.05) is 15.9 Å². The van der Waals surface area contributed by atoms with Gasteiger partial charge in [-0.3, -0.25) is 0 Å². The predicted molar refractivity (Wildman–Crippen MR) is 51.6 cm³/mol. The second-order valence-electron chi connectivity index (χ2n) is 2.61. The predicted octanol–water partition coefficient (Wildman–Crippen LogP) is 1.73. The van der Waals surface area contributed by atoms with Gasteiger partial charge in [0.1, 0.15) is 0 Å². The molecule has 1 aromatic heterocycles. The lowest BCUT2D eigenvalue weighted by Gasteiger charge is -2.00. The van der Waals surface area contributed by atoms with Gasteiger partial charge < -0.3 is 0 Å². The molecule has 0 bridgehead atoms. The van der Waals surface area contributed by atoms with E-state index in [2.05, 4.69) is 31.5 Å². The minimum Gasteiger partial charge on any atom is -0.198 e. The summed E-state index contributed by atoms with van der Waals surface area (Å²) in [4.78, 5) is 0. The molecule has 0 atom stereocenters. The topological polar surface area (TPSA) is 43.6 Å². The van der Waals surface area contributed by atoms with Gasteiger partial charge in [0.25, 0.3) is 0 Å². The highest BCUT2D eigenvalue weighted by Gasteiger charge is 2.01. The van der Waals surface area contributed by atoms with Gasteiger partial charge in [0.05, 0.1) is 5.69 Å². The third-order valence-electron chi connectivity index (χ3n) is 1.70. The van der Waals surface area contributed by atoms with E-state index >= 15 is 0 Å². The van der Waals surface area contributed by atoms with Crippen LogP contribution < -0.4 is 0 Å². The van der Waals surface area contributed by atoms with Crippen molar-refractivity contribution in [2.75, 3.05) is 0 Å². The first kappa shape index (κ1) is 8.37. The summed E-state index contributed by atoms with van der Waals surface area (Å²) >= 11 is 3.37. The van der Waals surface area contributed by atoms with Crippen LogP contribution in [0.1, 0.15) is 5.82 Å². The number of benzene rings is 1. The lowest BCUT2D eigenvalue weighted by Crippen LogP contribution is -1.98. The van der Waals surface area contributed by atoms with E-state index in [0.29, 0.717) is 0 Å². The fraction of sp³-hybridized carbons (Fsp3) is 0.125. The van der Waals surface area contributed by atoms with Crippen molar-refractivity contribution in [3.63, 3.8) is 0 Å². The van der Waals surface area contributed by atoms with Crippen LogP contribution in [0.15, 0.2) is 28.7 Å². The molecule has 2 rings (SSSR count). The van der Waals surface area contributed by atoms with Crippen molar-refractivity contribution < 1.29 is 0 Å². The molecule has 66 valence electrons. The maximum atomic E-state index is 3.86. The van der Waals surface area contributed by atoms with Crippen LogP contribution in [-0.2, 0) is 0 Å². The van der Waals surface area contributed by atoms with Crippen molar-refractivity contribution >= 4 is 15.9 Å². The van der Waals surface area contributed by atoms with E-state index < -0.39 is 0 Å². The van der Waals surface area contributed by atoms with Crippen LogP contribution in [0.5, 0.6) is 0 Å². The van der Waals surface area contributed by atoms with Crippen LogP contribution in [0.4, 0.5) is 0 Å². The highest BCUT2D eigenvalue weighted by Crippen LogP contribution is 2.13. The zero-order valence-corrected chi connectivity index (χ0v) is 8.56. The highest BCUT2D eigenvalue weighted by atomic mass is 79.9. The number of nitrogens with zero attached hydrogens (tertiary/aromatic N) is 4. The SMILES string of the molecule is Cc1nnnn1-c1ccc(Br)cc1. The third kappa shape index (κ3) is 1.60. The van der Waals surface area contributed by atoms with Crippen molar-refractivity contribution in [2.45, 2.75) is 6.92 Å². The minimum absolute atomic E-state index is 0.780. The van der Waals surface area contributed by atoms with Gasteiger partial charge in [-0.05, 0) is 41.6 Å². The van der Waals surface area contributed by atoms with Crippen LogP contribution in [0.25, 0.3) is 5.69 Å². The molecule has 0 fully saturated rings. The van der Waals surface area contributed by atoms with Crippen LogP contribution >= 0.6 is 15.9 Å². The number of tetrazole rings is 1. The summed E-state index contributed by atoms with van der Waals surface area (Å²) in [5.41, 5.74) is 0.964. The summed E-state index contributed by atoms with van der Waals surface area (Å²) in [6.07, 6.45) is 0. The van der Waals surface area contributed by atoms with Crippen LogP contribution in [-0.4, -0.2) is 20.2 Å². The Morgan fingerprint density at radius 1 is 1.23 bits per heavy atom. The fourth-order valence-corrected chi connectivity index (χ4v) is 1.32. The van der Waals surface area contributed by atoms with Gasteiger partial charge in [0, 0.05) is 4.47 Å². The molecule has 0 amide bonds. The minimum atomic E-state index is 0.780. The first-order valence-electron chi connectivity index (χ1n) is 3.78. The Kier molecular flexibility index (Phi) is 2.10. The molecule has 2 aromatic rings. The molecule has 0 saturated heterocycles. The molecule has 0 N–H and O–H groups in total. The Morgan fingerprint density at radius 3 is 2.46 bits per heavy atom. The summed E-state index contributed by atoms with van der Waals surface area (Å²) < 4.78 is 2.73. The summed E-state index contributed by atoms with van der Waals surface area (Å²) in [6.45, 7) is 1.86. The summed E-state index contributed by atoms with van der Waals surface area (Å²) in [7, 11) is 0. The molecule has 0 aliphatic heterocycles. The average Bonchev–Trinajstić information content (AvgIpc) is 2.53. The van der Waals surface area contributed by atoms with Crippen LogP contribution in [0, 0.1) is 6.92 Å². The normalized spacial score (nSPS) is 10.3. The third-order valence-corrected chi connectivity index (χ3v) is 2.23. The Bertz CT molecular complexity index is 406. The molecule has 1 heterocycles. The van der Waals surface area contributed by atoms with E-state index in [0.717, 1.165) is 16.0 Å². The Balaban J connectivity index is 2.47. The van der Waals surface area contributed by atoms with Gasteiger partial charge in [0.2, 0.25) is 0 Å². The summed E-state index contributed by atoms with van der Waals surface area (Å²) in [5, 5.41) is 11.2. The lowest BCUT2D eigenvalue weighted by atomic mass is 10.3. The zero-order chi connectivity index (χ0) is 9.26. The van der Waals surface area contributed by atoms with E-state index in [1.807, 2.05) is 31.2 Å². The molecule has 0 radical (unpaired) electrons. The molecule has 1 aromatic carbocycles. The monoisotopic (exact) mass is 238 g/mol. The molecular weight excluding hydrogens is 232 g/mol. The quantitative estimate of drug-likeness (QED) is 0.761. The average molecular weight is 239 g/mol. The number of hydrogen-bond donors (Lipinski definition) is 0. The summed E-state index contributed by atoms with van der Waals surface area (Å²) in [6, 6.07) is 7.81. The second-order valence-corrected chi connectivity index (χ2v) is 3.53. The van der Waals surface area contributed by atoms with Crippen molar-refractivity contribution in [3.05, 3.63) is 34.6 Å². The van der Waals surface area contributed by atoms with Crippen LogP contribution in [0.2, 0.25) is 0 Å².